The number of nitrogens with two attached hydrogens (primary N) is 1. The van der Waals surface area contributed by atoms with Gasteiger partial charge >= 0.3 is 0 Å². The number of amides is 1. The SMILES string of the molecule is Cc1cc(NC(N)=S)cc2c1OCC(=O)N2. The number of anilines is 2. The number of thiocarbonyl (C=S) groups is 1. The Hall–Kier alpha value is -1.82. The summed E-state index contributed by atoms with van der Waals surface area (Å²) in [6, 6.07) is 3.59. The van der Waals surface area contributed by atoms with Crippen molar-refractivity contribution in [3.05, 3.63) is 17.7 Å². The smallest absolute Gasteiger partial charge is 0.262 e. The summed E-state index contributed by atoms with van der Waals surface area (Å²) in [7, 11) is 0. The Balaban J connectivity index is 2.39. The summed E-state index contributed by atoms with van der Waals surface area (Å²) in [5.41, 5.74) is 7.66. The van der Waals surface area contributed by atoms with E-state index in [0.29, 0.717) is 11.4 Å². The van der Waals surface area contributed by atoms with E-state index in [1.165, 1.54) is 0 Å². The average Bonchev–Trinajstić information content (AvgIpc) is 2.15. The molecule has 16 heavy (non-hydrogen) atoms. The van der Waals surface area contributed by atoms with Crippen LogP contribution in [0.4, 0.5) is 11.4 Å². The maximum absolute atomic E-state index is 11.2. The monoisotopic (exact) mass is 237 g/mol. The largest absolute Gasteiger partial charge is 0.481 e. The van der Waals surface area contributed by atoms with Crippen molar-refractivity contribution in [2.24, 2.45) is 5.73 Å². The highest BCUT2D eigenvalue weighted by Gasteiger charge is 2.18. The molecule has 84 valence electrons. The number of fused-ring (bicyclic) bond motifs is 1. The van der Waals surface area contributed by atoms with Gasteiger partial charge in [0.2, 0.25) is 0 Å². The van der Waals surface area contributed by atoms with E-state index in [9.17, 15) is 4.79 Å². The number of nitrogens with one attached hydrogen (secondary N) is 2. The fourth-order valence-corrected chi connectivity index (χ4v) is 1.71. The van der Waals surface area contributed by atoms with Crippen molar-refractivity contribution in [3.8, 4) is 5.75 Å². The van der Waals surface area contributed by atoms with Crippen LogP contribution in [0.3, 0.4) is 0 Å². The maximum Gasteiger partial charge on any atom is 0.262 e. The molecular formula is C10H11N3O2S. The minimum absolute atomic E-state index is 0.0515. The van der Waals surface area contributed by atoms with E-state index in [2.05, 4.69) is 10.6 Å². The van der Waals surface area contributed by atoms with Gasteiger partial charge in [-0.15, -0.1) is 0 Å². The molecule has 6 heteroatoms. The number of carbonyl (C=O) groups is 1. The van der Waals surface area contributed by atoms with Crippen LogP contribution in [0.1, 0.15) is 5.56 Å². The van der Waals surface area contributed by atoms with Gasteiger partial charge < -0.3 is 21.1 Å². The van der Waals surface area contributed by atoms with Crippen LogP contribution in [0.15, 0.2) is 12.1 Å². The highest BCUT2D eigenvalue weighted by Crippen LogP contribution is 2.34. The lowest BCUT2D eigenvalue weighted by molar-refractivity contribution is -0.118. The van der Waals surface area contributed by atoms with Crippen molar-refractivity contribution in [1.82, 2.24) is 0 Å². The van der Waals surface area contributed by atoms with E-state index in [1.54, 1.807) is 6.07 Å². The Labute approximate surface area is 98.0 Å². The van der Waals surface area contributed by atoms with Gasteiger partial charge in [0.15, 0.2) is 11.7 Å². The number of carbonyl (C=O) groups excluding carboxylic acids is 1. The van der Waals surface area contributed by atoms with E-state index in [1.807, 2.05) is 13.0 Å². The lowest BCUT2D eigenvalue weighted by Crippen LogP contribution is -2.26. The first kappa shape index (κ1) is 10.7. The van der Waals surface area contributed by atoms with Crippen molar-refractivity contribution in [3.63, 3.8) is 0 Å². The molecule has 0 saturated heterocycles. The van der Waals surface area contributed by atoms with Crippen LogP contribution in [0.2, 0.25) is 0 Å². The summed E-state index contributed by atoms with van der Waals surface area (Å²) < 4.78 is 5.32. The molecule has 5 nitrogen and oxygen atoms in total. The average molecular weight is 237 g/mol. The van der Waals surface area contributed by atoms with E-state index in [0.717, 1.165) is 11.3 Å². The normalized spacial score (nSPS) is 13.4. The molecule has 0 radical (unpaired) electrons. The molecule has 0 aromatic heterocycles. The van der Waals surface area contributed by atoms with Gasteiger partial charge in [0, 0.05) is 5.69 Å². The van der Waals surface area contributed by atoms with Crippen molar-refractivity contribution in [1.29, 1.82) is 0 Å². The highest BCUT2D eigenvalue weighted by molar-refractivity contribution is 7.80. The van der Waals surface area contributed by atoms with E-state index in [-0.39, 0.29) is 17.6 Å². The summed E-state index contributed by atoms with van der Waals surface area (Å²) >= 11 is 4.75. The molecule has 1 aromatic rings. The van der Waals surface area contributed by atoms with E-state index < -0.39 is 0 Å². The lowest BCUT2D eigenvalue weighted by Gasteiger charge is -2.21. The Morgan fingerprint density at radius 3 is 3.06 bits per heavy atom. The summed E-state index contributed by atoms with van der Waals surface area (Å²) in [4.78, 5) is 11.2. The van der Waals surface area contributed by atoms with Crippen LogP contribution >= 0.6 is 12.2 Å². The number of hydrogen-bond donors (Lipinski definition) is 3. The second-order valence-corrected chi connectivity index (χ2v) is 3.94. The third-order valence-corrected chi connectivity index (χ3v) is 2.27. The quantitative estimate of drug-likeness (QED) is 0.635. The Morgan fingerprint density at radius 2 is 2.38 bits per heavy atom. The van der Waals surface area contributed by atoms with Gasteiger partial charge in [-0.05, 0) is 36.8 Å². The van der Waals surface area contributed by atoms with Gasteiger partial charge in [0.05, 0.1) is 5.69 Å². The van der Waals surface area contributed by atoms with Gasteiger partial charge in [-0.1, -0.05) is 0 Å². The molecular weight excluding hydrogens is 226 g/mol. The lowest BCUT2D eigenvalue weighted by atomic mass is 10.1. The first-order valence-electron chi connectivity index (χ1n) is 4.70. The predicted molar refractivity (Wildman–Crippen MR) is 65.7 cm³/mol. The van der Waals surface area contributed by atoms with Gasteiger partial charge in [0.1, 0.15) is 5.75 Å². The molecule has 1 aliphatic heterocycles. The van der Waals surface area contributed by atoms with Crippen LogP contribution < -0.4 is 21.1 Å². The van der Waals surface area contributed by atoms with Crippen LogP contribution in [0, 0.1) is 6.92 Å². The van der Waals surface area contributed by atoms with Gasteiger partial charge in [0.25, 0.3) is 5.91 Å². The minimum atomic E-state index is -0.167. The minimum Gasteiger partial charge on any atom is -0.481 e. The molecule has 0 atom stereocenters. The zero-order chi connectivity index (χ0) is 11.7. The second-order valence-electron chi connectivity index (χ2n) is 3.50. The van der Waals surface area contributed by atoms with Gasteiger partial charge in [-0.2, -0.15) is 0 Å². The third kappa shape index (κ3) is 2.06. The van der Waals surface area contributed by atoms with E-state index >= 15 is 0 Å². The molecule has 1 heterocycles. The highest BCUT2D eigenvalue weighted by atomic mass is 32.1. The van der Waals surface area contributed by atoms with Gasteiger partial charge in [-0.25, -0.2) is 0 Å². The molecule has 0 spiro atoms. The number of aryl methyl sites for hydroxylation is 1. The number of benzene rings is 1. The molecule has 2 rings (SSSR count). The Kier molecular flexibility index (Phi) is 2.66. The van der Waals surface area contributed by atoms with Crippen LogP contribution in [0.25, 0.3) is 0 Å². The summed E-state index contributed by atoms with van der Waals surface area (Å²) in [5, 5.41) is 5.72. The standard InChI is InChI=1S/C10H11N3O2S/c1-5-2-6(12-10(11)16)3-7-9(5)15-4-8(14)13-7/h2-3H,4H2,1H3,(H,13,14)(H3,11,12,16). The molecule has 1 aliphatic rings. The molecule has 4 N–H and O–H groups in total. The molecule has 0 bridgehead atoms. The van der Waals surface area contributed by atoms with Crippen molar-refractivity contribution in [2.75, 3.05) is 17.2 Å². The zero-order valence-corrected chi connectivity index (χ0v) is 9.48. The van der Waals surface area contributed by atoms with Crippen LogP contribution in [-0.2, 0) is 4.79 Å². The summed E-state index contributed by atoms with van der Waals surface area (Å²) in [6.07, 6.45) is 0. The van der Waals surface area contributed by atoms with Gasteiger partial charge in [-0.3, -0.25) is 4.79 Å². The fraction of sp³-hybridized carbons (Fsp3) is 0.200. The third-order valence-electron chi connectivity index (χ3n) is 2.16. The topological polar surface area (TPSA) is 76.4 Å². The zero-order valence-electron chi connectivity index (χ0n) is 8.66. The molecule has 1 aromatic carbocycles. The molecule has 0 unspecified atom stereocenters. The Bertz CT molecular complexity index is 473. The molecule has 0 fully saturated rings. The number of ether oxygens (including phenoxy) is 1. The van der Waals surface area contributed by atoms with Crippen LogP contribution in [0.5, 0.6) is 5.75 Å². The first-order chi connectivity index (χ1) is 7.56. The van der Waals surface area contributed by atoms with Crippen molar-refractivity contribution < 1.29 is 9.53 Å². The predicted octanol–water partition coefficient (Wildman–Crippen LogP) is 0.981. The fourth-order valence-electron chi connectivity index (χ4n) is 1.60. The maximum atomic E-state index is 11.2. The van der Waals surface area contributed by atoms with E-state index in [4.69, 9.17) is 22.7 Å². The molecule has 0 aliphatic carbocycles. The first-order valence-corrected chi connectivity index (χ1v) is 5.11. The number of hydrogen-bond acceptors (Lipinski definition) is 3. The second kappa shape index (κ2) is 3.97. The molecule has 0 saturated carbocycles. The van der Waals surface area contributed by atoms with Crippen LogP contribution in [-0.4, -0.2) is 17.6 Å². The number of rotatable bonds is 1. The summed E-state index contributed by atoms with van der Waals surface area (Å²) in [5.74, 6) is 0.521. The van der Waals surface area contributed by atoms with Crippen molar-refractivity contribution in [2.45, 2.75) is 6.92 Å². The Morgan fingerprint density at radius 1 is 1.62 bits per heavy atom. The summed E-state index contributed by atoms with van der Waals surface area (Å²) in [6.45, 7) is 1.94. The van der Waals surface area contributed by atoms with Crippen molar-refractivity contribution >= 4 is 34.6 Å². The molecule has 1 amide bonds.